The molecule has 0 aromatic heterocycles. The van der Waals surface area contributed by atoms with Crippen molar-refractivity contribution in [3.05, 3.63) is 0 Å². The van der Waals surface area contributed by atoms with Gasteiger partial charge in [0.15, 0.2) is 0 Å². The maximum atomic E-state index is 9.35. The van der Waals surface area contributed by atoms with Crippen LogP contribution in [-0.4, -0.2) is 24.4 Å². The highest BCUT2D eigenvalue weighted by Gasteiger charge is 2.00. The molecule has 12 heavy (non-hydrogen) atoms. The second kappa shape index (κ2) is 9.01. The van der Waals surface area contributed by atoms with E-state index in [2.05, 4.69) is 13.8 Å². The van der Waals surface area contributed by atoms with Gasteiger partial charge in [0.25, 0.3) is 0 Å². The minimum absolute atomic E-state index is 0.111. The van der Waals surface area contributed by atoms with Crippen molar-refractivity contribution < 1.29 is 9.84 Å². The van der Waals surface area contributed by atoms with Gasteiger partial charge in [0.2, 0.25) is 0 Å². The molecular formula is C10H22O2. The summed E-state index contributed by atoms with van der Waals surface area (Å²) in [5.41, 5.74) is 0. The molecule has 1 atom stereocenters. The van der Waals surface area contributed by atoms with Gasteiger partial charge >= 0.3 is 0 Å². The Morgan fingerprint density at radius 1 is 1.08 bits per heavy atom. The molecule has 0 aromatic rings. The van der Waals surface area contributed by atoms with E-state index in [0.29, 0.717) is 0 Å². The average molecular weight is 174 g/mol. The summed E-state index contributed by atoms with van der Waals surface area (Å²) >= 11 is 0. The number of ether oxygens (including phenoxy) is 1. The van der Waals surface area contributed by atoms with E-state index in [4.69, 9.17) is 4.74 Å². The molecule has 0 aliphatic rings. The first kappa shape index (κ1) is 11.9. The van der Waals surface area contributed by atoms with Crippen LogP contribution in [-0.2, 0) is 4.74 Å². The van der Waals surface area contributed by atoms with E-state index in [9.17, 15) is 5.11 Å². The molecule has 0 saturated heterocycles. The van der Waals surface area contributed by atoms with Gasteiger partial charge in [0.1, 0.15) is 0 Å². The molecule has 1 unspecified atom stereocenters. The maximum Gasteiger partial charge on any atom is 0.0541 e. The van der Waals surface area contributed by atoms with Crippen LogP contribution in [0, 0.1) is 0 Å². The molecule has 2 nitrogen and oxygen atoms in total. The lowest BCUT2D eigenvalue weighted by molar-refractivity contribution is 0.103. The van der Waals surface area contributed by atoms with Gasteiger partial charge in [0, 0.05) is 13.2 Å². The quantitative estimate of drug-likeness (QED) is 0.572. The maximum absolute atomic E-state index is 9.35. The minimum Gasteiger partial charge on any atom is -0.393 e. The zero-order valence-corrected chi connectivity index (χ0v) is 8.38. The first-order valence-electron chi connectivity index (χ1n) is 5.07. The van der Waals surface area contributed by atoms with Crippen LogP contribution in [0.2, 0.25) is 0 Å². The smallest absolute Gasteiger partial charge is 0.0541 e. The number of rotatable bonds is 8. The Morgan fingerprint density at radius 2 is 1.83 bits per heavy atom. The SMILES string of the molecule is CCCOCCCC(O)CCC. The third-order valence-corrected chi connectivity index (χ3v) is 1.80. The van der Waals surface area contributed by atoms with Gasteiger partial charge in [0.05, 0.1) is 6.10 Å². The van der Waals surface area contributed by atoms with E-state index in [1.54, 1.807) is 0 Å². The van der Waals surface area contributed by atoms with Crippen LogP contribution in [0.25, 0.3) is 0 Å². The molecule has 0 spiro atoms. The number of aliphatic hydroxyl groups is 1. The Morgan fingerprint density at radius 3 is 2.42 bits per heavy atom. The van der Waals surface area contributed by atoms with Gasteiger partial charge in [-0.3, -0.25) is 0 Å². The molecule has 2 heteroatoms. The summed E-state index contributed by atoms with van der Waals surface area (Å²) in [4.78, 5) is 0. The summed E-state index contributed by atoms with van der Waals surface area (Å²) in [6.45, 7) is 5.85. The van der Waals surface area contributed by atoms with Gasteiger partial charge in [-0.15, -0.1) is 0 Å². The molecule has 0 saturated carbocycles. The second-order valence-electron chi connectivity index (χ2n) is 3.20. The fraction of sp³-hybridized carbons (Fsp3) is 1.00. The summed E-state index contributed by atoms with van der Waals surface area (Å²) in [7, 11) is 0. The van der Waals surface area contributed by atoms with Crippen molar-refractivity contribution in [2.75, 3.05) is 13.2 Å². The fourth-order valence-electron chi connectivity index (χ4n) is 1.14. The van der Waals surface area contributed by atoms with Crippen molar-refractivity contribution in [1.82, 2.24) is 0 Å². The van der Waals surface area contributed by atoms with Crippen LogP contribution in [0.4, 0.5) is 0 Å². The van der Waals surface area contributed by atoms with Gasteiger partial charge in [-0.05, 0) is 25.7 Å². The number of hydrogen-bond acceptors (Lipinski definition) is 2. The average Bonchev–Trinajstić information content (AvgIpc) is 2.05. The number of hydrogen-bond donors (Lipinski definition) is 1. The summed E-state index contributed by atoms with van der Waals surface area (Å²) in [5.74, 6) is 0. The van der Waals surface area contributed by atoms with Crippen molar-refractivity contribution in [3.63, 3.8) is 0 Å². The highest BCUT2D eigenvalue weighted by atomic mass is 16.5. The van der Waals surface area contributed by atoms with E-state index in [0.717, 1.165) is 45.3 Å². The zero-order chi connectivity index (χ0) is 9.23. The van der Waals surface area contributed by atoms with E-state index < -0.39 is 0 Å². The lowest BCUT2D eigenvalue weighted by atomic mass is 10.1. The van der Waals surface area contributed by atoms with Crippen LogP contribution < -0.4 is 0 Å². The third-order valence-electron chi connectivity index (χ3n) is 1.80. The summed E-state index contributed by atoms with van der Waals surface area (Å²) in [6.07, 6.45) is 4.83. The predicted molar refractivity (Wildman–Crippen MR) is 51.3 cm³/mol. The lowest BCUT2D eigenvalue weighted by Gasteiger charge is -2.08. The van der Waals surface area contributed by atoms with Crippen LogP contribution in [0.15, 0.2) is 0 Å². The highest BCUT2D eigenvalue weighted by Crippen LogP contribution is 2.04. The monoisotopic (exact) mass is 174 g/mol. The molecule has 0 aliphatic heterocycles. The molecule has 0 fully saturated rings. The van der Waals surface area contributed by atoms with E-state index in [-0.39, 0.29) is 6.10 Å². The molecule has 0 rings (SSSR count). The normalized spacial score (nSPS) is 13.2. The zero-order valence-electron chi connectivity index (χ0n) is 8.38. The van der Waals surface area contributed by atoms with Gasteiger partial charge in [-0.2, -0.15) is 0 Å². The summed E-state index contributed by atoms with van der Waals surface area (Å²) in [5, 5.41) is 9.35. The predicted octanol–water partition coefficient (Wildman–Crippen LogP) is 2.35. The van der Waals surface area contributed by atoms with Crippen LogP contribution in [0.3, 0.4) is 0 Å². The standard InChI is InChI=1S/C10H22O2/c1-3-6-10(11)7-5-9-12-8-4-2/h10-11H,3-9H2,1-2H3. The van der Waals surface area contributed by atoms with Crippen molar-refractivity contribution in [1.29, 1.82) is 0 Å². The molecule has 1 N–H and O–H groups in total. The van der Waals surface area contributed by atoms with Gasteiger partial charge in [-0.25, -0.2) is 0 Å². The van der Waals surface area contributed by atoms with Gasteiger partial charge in [-0.1, -0.05) is 20.3 Å². The van der Waals surface area contributed by atoms with Crippen LogP contribution in [0.1, 0.15) is 46.0 Å². The molecule has 0 aromatic carbocycles. The first-order valence-corrected chi connectivity index (χ1v) is 5.07. The van der Waals surface area contributed by atoms with Gasteiger partial charge < -0.3 is 9.84 Å². The minimum atomic E-state index is -0.111. The molecule has 0 radical (unpaired) electrons. The Balaban J connectivity index is 2.97. The lowest BCUT2D eigenvalue weighted by Crippen LogP contribution is -2.07. The van der Waals surface area contributed by atoms with Crippen molar-refractivity contribution in [2.24, 2.45) is 0 Å². The van der Waals surface area contributed by atoms with E-state index in [1.807, 2.05) is 0 Å². The third kappa shape index (κ3) is 8.02. The Hall–Kier alpha value is -0.0800. The Labute approximate surface area is 75.9 Å². The Kier molecular flexibility index (Phi) is 8.95. The largest absolute Gasteiger partial charge is 0.393 e. The molecular weight excluding hydrogens is 152 g/mol. The summed E-state index contributed by atoms with van der Waals surface area (Å²) in [6, 6.07) is 0. The molecule has 0 bridgehead atoms. The second-order valence-corrected chi connectivity index (χ2v) is 3.20. The molecule has 0 amide bonds. The van der Waals surface area contributed by atoms with Crippen molar-refractivity contribution >= 4 is 0 Å². The fourth-order valence-corrected chi connectivity index (χ4v) is 1.14. The van der Waals surface area contributed by atoms with E-state index >= 15 is 0 Å². The van der Waals surface area contributed by atoms with Crippen LogP contribution in [0.5, 0.6) is 0 Å². The highest BCUT2D eigenvalue weighted by molar-refractivity contribution is 4.53. The molecule has 0 aliphatic carbocycles. The van der Waals surface area contributed by atoms with Crippen molar-refractivity contribution in [3.8, 4) is 0 Å². The van der Waals surface area contributed by atoms with Crippen molar-refractivity contribution in [2.45, 2.75) is 52.1 Å². The Bertz CT molecular complexity index is 83.9. The first-order chi connectivity index (χ1) is 5.81. The topological polar surface area (TPSA) is 29.5 Å². The molecule has 74 valence electrons. The molecule has 0 heterocycles. The number of aliphatic hydroxyl groups excluding tert-OH is 1. The summed E-state index contributed by atoms with van der Waals surface area (Å²) < 4.78 is 5.30. The van der Waals surface area contributed by atoms with E-state index in [1.165, 1.54) is 0 Å². The van der Waals surface area contributed by atoms with Crippen LogP contribution >= 0.6 is 0 Å².